The average Bonchev–Trinajstić information content (AvgIpc) is 2.43. The molecule has 0 aromatic carbocycles. The fraction of sp³-hybridized carbons (Fsp3) is 1.00. The molecule has 5 heteroatoms. The third-order valence-electron chi connectivity index (χ3n) is 4.09. The lowest BCUT2D eigenvalue weighted by atomic mass is 10.1. The van der Waals surface area contributed by atoms with E-state index in [9.17, 15) is 8.42 Å². The summed E-state index contributed by atoms with van der Waals surface area (Å²) in [5.74, 6) is -0.129. The molecular formula is C17H37NO3S. The van der Waals surface area contributed by atoms with Crippen molar-refractivity contribution >= 4 is 10.1 Å². The van der Waals surface area contributed by atoms with E-state index in [1.807, 2.05) is 7.05 Å². The Labute approximate surface area is 138 Å². The number of unbranched alkanes of at least 4 members (excludes halogenated alkanes) is 10. The summed E-state index contributed by atoms with van der Waals surface area (Å²) in [4.78, 5) is 2.15. The number of rotatable bonds is 16. The van der Waals surface area contributed by atoms with Crippen LogP contribution in [0.15, 0.2) is 0 Å². The first-order valence-electron chi connectivity index (χ1n) is 9.09. The first-order chi connectivity index (χ1) is 10.5. The van der Waals surface area contributed by atoms with E-state index >= 15 is 0 Å². The van der Waals surface area contributed by atoms with Crippen molar-refractivity contribution in [3.8, 4) is 0 Å². The first-order valence-corrected chi connectivity index (χ1v) is 10.7. The fourth-order valence-corrected chi connectivity index (χ4v) is 3.17. The van der Waals surface area contributed by atoms with Gasteiger partial charge in [0.25, 0.3) is 10.1 Å². The molecule has 0 rings (SSSR count). The second-order valence-corrected chi connectivity index (χ2v) is 8.05. The van der Waals surface area contributed by atoms with Crippen LogP contribution in [-0.2, 0) is 10.1 Å². The molecule has 0 saturated carbocycles. The van der Waals surface area contributed by atoms with Crippen molar-refractivity contribution in [2.45, 2.75) is 84.0 Å². The van der Waals surface area contributed by atoms with Gasteiger partial charge in [0.1, 0.15) is 0 Å². The van der Waals surface area contributed by atoms with Crippen LogP contribution in [0.4, 0.5) is 0 Å². The molecule has 0 saturated heterocycles. The molecule has 0 fully saturated rings. The molecule has 0 bridgehead atoms. The second-order valence-electron chi connectivity index (χ2n) is 6.48. The molecule has 0 aromatic heterocycles. The molecule has 0 spiro atoms. The highest BCUT2D eigenvalue weighted by molar-refractivity contribution is 7.85. The van der Waals surface area contributed by atoms with Crippen molar-refractivity contribution in [1.82, 2.24) is 4.90 Å². The van der Waals surface area contributed by atoms with E-state index in [1.165, 1.54) is 70.6 Å². The van der Waals surface area contributed by atoms with Crippen molar-refractivity contribution in [3.63, 3.8) is 0 Å². The molecule has 22 heavy (non-hydrogen) atoms. The van der Waals surface area contributed by atoms with Crippen LogP contribution in [0, 0.1) is 0 Å². The zero-order valence-electron chi connectivity index (χ0n) is 14.7. The van der Waals surface area contributed by atoms with Gasteiger partial charge < -0.3 is 4.90 Å². The SMILES string of the molecule is CCCCCCCCCCCCCN(C)CCCS(=O)(=O)O. The summed E-state index contributed by atoms with van der Waals surface area (Å²) in [6.45, 7) is 4.01. The Bertz CT molecular complexity index is 331. The van der Waals surface area contributed by atoms with Gasteiger partial charge in [-0.3, -0.25) is 4.55 Å². The molecule has 134 valence electrons. The quantitative estimate of drug-likeness (QED) is 0.333. The summed E-state index contributed by atoms with van der Waals surface area (Å²) in [6.07, 6.45) is 15.3. The Morgan fingerprint density at radius 3 is 1.59 bits per heavy atom. The van der Waals surface area contributed by atoms with Gasteiger partial charge in [0.15, 0.2) is 0 Å². The minimum atomic E-state index is -3.79. The zero-order chi connectivity index (χ0) is 16.7. The lowest BCUT2D eigenvalue weighted by Gasteiger charge is -2.15. The average molecular weight is 336 g/mol. The molecule has 0 aliphatic carbocycles. The number of hydrogen-bond acceptors (Lipinski definition) is 3. The van der Waals surface area contributed by atoms with E-state index < -0.39 is 10.1 Å². The Morgan fingerprint density at radius 1 is 0.727 bits per heavy atom. The first kappa shape index (κ1) is 21.9. The highest BCUT2D eigenvalue weighted by Crippen LogP contribution is 2.11. The molecule has 0 unspecified atom stereocenters. The standard InChI is InChI=1S/C17H37NO3S/c1-3-4-5-6-7-8-9-10-11-12-13-15-18(2)16-14-17-22(19,20)21/h3-17H2,1-2H3,(H,19,20,21). The second kappa shape index (κ2) is 14.5. The highest BCUT2D eigenvalue weighted by atomic mass is 32.2. The van der Waals surface area contributed by atoms with Crippen LogP contribution in [0.5, 0.6) is 0 Å². The molecule has 0 aliphatic heterocycles. The number of hydrogen-bond donors (Lipinski definition) is 1. The molecule has 0 amide bonds. The molecule has 0 aromatic rings. The maximum absolute atomic E-state index is 10.6. The summed E-state index contributed by atoms with van der Waals surface area (Å²) in [7, 11) is -1.78. The van der Waals surface area contributed by atoms with Crippen molar-refractivity contribution in [1.29, 1.82) is 0 Å². The smallest absolute Gasteiger partial charge is 0.264 e. The van der Waals surface area contributed by atoms with Crippen LogP contribution >= 0.6 is 0 Å². The van der Waals surface area contributed by atoms with E-state index in [4.69, 9.17) is 4.55 Å². The van der Waals surface area contributed by atoms with Gasteiger partial charge in [0.05, 0.1) is 5.75 Å². The van der Waals surface area contributed by atoms with Crippen LogP contribution in [0.2, 0.25) is 0 Å². The summed E-state index contributed by atoms with van der Waals surface area (Å²) in [5, 5.41) is 0. The van der Waals surface area contributed by atoms with Gasteiger partial charge in [-0.1, -0.05) is 71.1 Å². The van der Waals surface area contributed by atoms with Crippen molar-refractivity contribution < 1.29 is 13.0 Å². The predicted molar refractivity (Wildman–Crippen MR) is 95.0 cm³/mol. The molecular weight excluding hydrogens is 298 g/mol. The van der Waals surface area contributed by atoms with E-state index in [0.717, 1.165) is 13.1 Å². The summed E-state index contributed by atoms with van der Waals surface area (Å²) in [6, 6.07) is 0. The van der Waals surface area contributed by atoms with Gasteiger partial charge in [0, 0.05) is 0 Å². The molecule has 0 atom stereocenters. The van der Waals surface area contributed by atoms with E-state index in [2.05, 4.69) is 11.8 Å². The molecule has 0 aliphatic rings. The Morgan fingerprint density at radius 2 is 1.14 bits per heavy atom. The van der Waals surface area contributed by atoms with Crippen LogP contribution in [0.3, 0.4) is 0 Å². The normalized spacial score (nSPS) is 12.2. The summed E-state index contributed by atoms with van der Waals surface area (Å²) < 4.78 is 29.9. The van der Waals surface area contributed by atoms with Gasteiger partial charge >= 0.3 is 0 Å². The lowest BCUT2D eigenvalue weighted by molar-refractivity contribution is 0.323. The predicted octanol–water partition coefficient (Wildman–Crippen LogP) is 4.51. The Hall–Kier alpha value is -0.130. The number of nitrogens with zero attached hydrogens (tertiary/aromatic N) is 1. The third kappa shape index (κ3) is 17.9. The molecule has 4 nitrogen and oxygen atoms in total. The largest absolute Gasteiger partial charge is 0.306 e. The van der Waals surface area contributed by atoms with Crippen molar-refractivity contribution in [3.05, 3.63) is 0 Å². The fourth-order valence-electron chi connectivity index (χ4n) is 2.67. The van der Waals surface area contributed by atoms with Gasteiger partial charge in [0.2, 0.25) is 0 Å². The van der Waals surface area contributed by atoms with E-state index in [1.54, 1.807) is 0 Å². The summed E-state index contributed by atoms with van der Waals surface area (Å²) in [5.41, 5.74) is 0. The Kier molecular flexibility index (Phi) is 14.4. The summed E-state index contributed by atoms with van der Waals surface area (Å²) >= 11 is 0. The molecule has 1 N–H and O–H groups in total. The minimum Gasteiger partial charge on any atom is -0.306 e. The van der Waals surface area contributed by atoms with Gasteiger partial charge in [-0.05, 0) is 33.0 Å². The molecule has 0 radical (unpaired) electrons. The van der Waals surface area contributed by atoms with Crippen LogP contribution in [0.1, 0.15) is 84.0 Å². The van der Waals surface area contributed by atoms with Crippen molar-refractivity contribution in [2.75, 3.05) is 25.9 Å². The van der Waals surface area contributed by atoms with E-state index in [0.29, 0.717) is 6.42 Å². The maximum Gasteiger partial charge on any atom is 0.264 e. The molecule has 0 heterocycles. The lowest BCUT2D eigenvalue weighted by Crippen LogP contribution is -2.22. The van der Waals surface area contributed by atoms with E-state index in [-0.39, 0.29) is 5.75 Å². The van der Waals surface area contributed by atoms with Crippen LogP contribution in [-0.4, -0.2) is 43.8 Å². The maximum atomic E-state index is 10.6. The highest BCUT2D eigenvalue weighted by Gasteiger charge is 2.05. The topological polar surface area (TPSA) is 57.6 Å². The third-order valence-corrected chi connectivity index (χ3v) is 4.89. The minimum absolute atomic E-state index is 0.129. The van der Waals surface area contributed by atoms with Crippen molar-refractivity contribution in [2.24, 2.45) is 0 Å². The van der Waals surface area contributed by atoms with Crippen LogP contribution in [0.25, 0.3) is 0 Å². The van der Waals surface area contributed by atoms with Gasteiger partial charge in [-0.2, -0.15) is 8.42 Å². The Balaban J connectivity index is 3.22. The van der Waals surface area contributed by atoms with Gasteiger partial charge in [-0.25, -0.2) is 0 Å². The monoisotopic (exact) mass is 335 g/mol. The van der Waals surface area contributed by atoms with Crippen LogP contribution < -0.4 is 0 Å². The zero-order valence-corrected chi connectivity index (χ0v) is 15.5. The van der Waals surface area contributed by atoms with Gasteiger partial charge in [-0.15, -0.1) is 0 Å².